The summed E-state index contributed by atoms with van der Waals surface area (Å²) < 4.78 is 7.89. The van der Waals surface area contributed by atoms with E-state index in [1.165, 1.54) is 0 Å². The maximum atomic E-state index is 10.6. The van der Waals surface area contributed by atoms with Crippen LogP contribution in [0.25, 0.3) is 5.69 Å². The molecule has 7 heteroatoms. The van der Waals surface area contributed by atoms with E-state index < -0.39 is 0 Å². The molecule has 6 nitrogen and oxygen atoms in total. The lowest BCUT2D eigenvalue weighted by molar-refractivity contribution is 0.293. The van der Waals surface area contributed by atoms with Crippen LogP contribution in [-0.4, -0.2) is 14.8 Å². The van der Waals surface area contributed by atoms with Gasteiger partial charge < -0.3 is 4.74 Å². The SMILES string of the molecule is O=Nc1ccc(CSc2nnc(COc3ccccc3)n2-c2ccccc2)cc1. The predicted molar refractivity (Wildman–Crippen MR) is 114 cm³/mol. The zero-order valence-corrected chi connectivity index (χ0v) is 16.3. The summed E-state index contributed by atoms with van der Waals surface area (Å²) >= 11 is 1.58. The molecule has 0 aliphatic heterocycles. The molecule has 1 aromatic heterocycles. The number of hydrogen-bond donors (Lipinski definition) is 0. The van der Waals surface area contributed by atoms with Crippen LogP contribution in [0.4, 0.5) is 5.69 Å². The van der Waals surface area contributed by atoms with E-state index in [1.807, 2.05) is 77.4 Å². The Morgan fingerprint density at radius 1 is 0.862 bits per heavy atom. The minimum absolute atomic E-state index is 0.312. The van der Waals surface area contributed by atoms with Crippen LogP contribution in [-0.2, 0) is 12.4 Å². The van der Waals surface area contributed by atoms with Gasteiger partial charge in [-0.3, -0.25) is 4.57 Å². The third-order valence-electron chi connectivity index (χ3n) is 4.24. The van der Waals surface area contributed by atoms with Gasteiger partial charge >= 0.3 is 0 Å². The zero-order valence-electron chi connectivity index (χ0n) is 15.5. The minimum atomic E-state index is 0.312. The van der Waals surface area contributed by atoms with Crippen molar-refractivity contribution in [2.24, 2.45) is 5.18 Å². The molecule has 0 spiro atoms. The monoisotopic (exact) mass is 402 g/mol. The average Bonchev–Trinajstić information content (AvgIpc) is 3.20. The summed E-state index contributed by atoms with van der Waals surface area (Å²) in [7, 11) is 0. The number of nitroso groups, excluding NO2 is 1. The highest BCUT2D eigenvalue weighted by Crippen LogP contribution is 2.26. The van der Waals surface area contributed by atoms with Gasteiger partial charge in [0.2, 0.25) is 0 Å². The van der Waals surface area contributed by atoms with E-state index in [1.54, 1.807) is 23.9 Å². The molecule has 0 saturated heterocycles. The quantitative estimate of drug-likeness (QED) is 0.286. The van der Waals surface area contributed by atoms with Gasteiger partial charge in [0.05, 0.1) is 0 Å². The van der Waals surface area contributed by atoms with Crippen molar-refractivity contribution in [3.8, 4) is 11.4 Å². The van der Waals surface area contributed by atoms with E-state index in [2.05, 4.69) is 15.4 Å². The van der Waals surface area contributed by atoms with Crippen LogP contribution in [0, 0.1) is 4.91 Å². The molecular formula is C22H18N4O2S. The first-order valence-corrected chi connectivity index (χ1v) is 10.0. The predicted octanol–water partition coefficient (Wildman–Crippen LogP) is 5.54. The summed E-state index contributed by atoms with van der Waals surface area (Å²) in [6, 6.07) is 26.8. The summed E-state index contributed by atoms with van der Waals surface area (Å²) in [6.07, 6.45) is 0. The number of aromatic nitrogens is 3. The molecule has 4 aromatic rings. The molecule has 0 N–H and O–H groups in total. The molecule has 0 fully saturated rings. The minimum Gasteiger partial charge on any atom is -0.486 e. The standard InChI is InChI=1S/C22H18N4O2S/c27-25-18-13-11-17(12-14-18)16-29-22-24-23-21(15-28-20-9-5-2-6-10-20)26(22)19-7-3-1-4-8-19/h1-14H,15-16H2. The first-order valence-electron chi connectivity index (χ1n) is 9.06. The van der Waals surface area contributed by atoms with Crippen LogP contribution in [0.2, 0.25) is 0 Å². The van der Waals surface area contributed by atoms with Crippen LogP contribution >= 0.6 is 11.8 Å². The zero-order chi connectivity index (χ0) is 19.9. The van der Waals surface area contributed by atoms with Crippen LogP contribution < -0.4 is 4.74 Å². The highest BCUT2D eigenvalue weighted by atomic mass is 32.2. The maximum absolute atomic E-state index is 10.6. The van der Waals surface area contributed by atoms with Crippen LogP contribution in [0.5, 0.6) is 5.75 Å². The fourth-order valence-corrected chi connectivity index (χ4v) is 3.72. The van der Waals surface area contributed by atoms with E-state index in [9.17, 15) is 4.91 Å². The van der Waals surface area contributed by atoms with Crippen molar-refractivity contribution in [1.82, 2.24) is 14.8 Å². The number of rotatable bonds is 8. The maximum Gasteiger partial charge on any atom is 0.196 e. The Morgan fingerprint density at radius 2 is 1.55 bits per heavy atom. The van der Waals surface area contributed by atoms with Crippen molar-refractivity contribution >= 4 is 17.4 Å². The second kappa shape index (κ2) is 9.16. The van der Waals surface area contributed by atoms with E-state index in [0.717, 1.165) is 28.0 Å². The van der Waals surface area contributed by atoms with Crippen LogP contribution in [0.1, 0.15) is 11.4 Å². The van der Waals surface area contributed by atoms with Crippen molar-refractivity contribution in [3.63, 3.8) is 0 Å². The lowest BCUT2D eigenvalue weighted by Gasteiger charge is -2.11. The van der Waals surface area contributed by atoms with Gasteiger partial charge in [-0.1, -0.05) is 60.3 Å². The fourth-order valence-electron chi connectivity index (χ4n) is 2.79. The van der Waals surface area contributed by atoms with Crippen LogP contribution in [0.3, 0.4) is 0 Å². The number of benzene rings is 3. The van der Waals surface area contributed by atoms with Crippen molar-refractivity contribution < 1.29 is 4.74 Å². The lowest BCUT2D eigenvalue weighted by Crippen LogP contribution is -2.06. The normalized spacial score (nSPS) is 10.6. The molecular weight excluding hydrogens is 384 g/mol. The van der Waals surface area contributed by atoms with Crippen molar-refractivity contribution in [1.29, 1.82) is 0 Å². The molecule has 3 aromatic carbocycles. The Kier molecular flexibility index (Phi) is 5.97. The van der Waals surface area contributed by atoms with Gasteiger partial charge in [-0.2, -0.15) is 0 Å². The van der Waals surface area contributed by atoms with Crippen molar-refractivity contribution in [2.75, 3.05) is 0 Å². The van der Waals surface area contributed by atoms with Crippen LogP contribution in [0.15, 0.2) is 95.3 Å². The molecule has 0 unspecified atom stereocenters. The molecule has 4 rings (SSSR count). The molecule has 144 valence electrons. The molecule has 0 aliphatic carbocycles. The second-order valence-electron chi connectivity index (χ2n) is 6.22. The van der Waals surface area contributed by atoms with Gasteiger partial charge in [-0.05, 0) is 47.1 Å². The number of nitrogens with zero attached hydrogens (tertiary/aromatic N) is 4. The molecule has 0 aliphatic rings. The van der Waals surface area contributed by atoms with E-state index in [0.29, 0.717) is 18.0 Å². The summed E-state index contributed by atoms with van der Waals surface area (Å²) in [5.41, 5.74) is 2.48. The summed E-state index contributed by atoms with van der Waals surface area (Å²) in [5.74, 6) is 2.21. The Balaban J connectivity index is 1.56. The molecule has 29 heavy (non-hydrogen) atoms. The number of para-hydroxylation sites is 2. The molecule has 1 heterocycles. The summed E-state index contributed by atoms with van der Waals surface area (Å²) in [4.78, 5) is 10.6. The molecule has 0 amide bonds. The van der Waals surface area contributed by atoms with Gasteiger partial charge in [0.25, 0.3) is 0 Å². The number of ether oxygens (including phenoxy) is 1. The topological polar surface area (TPSA) is 69.4 Å². The van der Waals surface area contributed by atoms with Crippen molar-refractivity contribution in [3.05, 3.63) is 101 Å². The van der Waals surface area contributed by atoms with E-state index in [4.69, 9.17) is 4.74 Å². The molecule has 0 saturated carbocycles. The summed E-state index contributed by atoms with van der Waals surface area (Å²) in [6.45, 7) is 0.312. The third kappa shape index (κ3) is 4.70. The largest absolute Gasteiger partial charge is 0.486 e. The van der Waals surface area contributed by atoms with Gasteiger partial charge in [-0.25, -0.2) is 0 Å². The van der Waals surface area contributed by atoms with Gasteiger partial charge in [0.1, 0.15) is 18.0 Å². The van der Waals surface area contributed by atoms with Gasteiger partial charge in [0.15, 0.2) is 11.0 Å². The highest BCUT2D eigenvalue weighted by molar-refractivity contribution is 7.98. The Hall–Kier alpha value is -3.45. The Labute approximate surface area is 172 Å². The molecule has 0 atom stereocenters. The van der Waals surface area contributed by atoms with E-state index in [-0.39, 0.29) is 0 Å². The highest BCUT2D eigenvalue weighted by Gasteiger charge is 2.15. The number of hydrogen-bond acceptors (Lipinski definition) is 6. The summed E-state index contributed by atoms with van der Waals surface area (Å²) in [5, 5.41) is 12.5. The van der Waals surface area contributed by atoms with Gasteiger partial charge in [0, 0.05) is 11.4 Å². The first kappa shape index (κ1) is 18.9. The first-order chi connectivity index (χ1) is 14.3. The molecule has 0 bridgehead atoms. The molecule has 0 radical (unpaired) electrons. The van der Waals surface area contributed by atoms with E-state index >= 15 is 0 Å². The average molecular weight is 402 g/mol. The fraction of sp³-hybridized carbons (Fsp3) is 0.0909. The van der Waals surface area contributed by atoms with Gasteiger partial charge in [-0.15, -0.1) is 15.1 Å². The smallest absolute Gasteiger partial charge is 0.196 e. The third-order valence-corrected chi connectivity index (χ3v) is 5.24. The lowest BCUT2D eigenvalue weighted by atomic mass is 10.2. The second-order valence-corrected chi connectivity index (χ2v) is 7.16. The van der Waals surface area contributed by atoms with Crippen molar-refractivity contribution in [2.45, 2.75) is 17.5 Å². The Morgan fingerprint density at radius 3 is 2.24 bits per heavy atom. The Bertz CT molecular complexity index is 1070. The number of thioether (sulfide) groups is 1.